The maximum Gasteiger partial charge on any atom is 0.177 e. The lowest BCUT2D eigenvalue weighted by Gasteiger charge is -2.17. The average Bonchev–Trinajstić information content (AvgIpc) is 3.26. The second kappa shape index (κ2) is 6.04. The molecule has 1 aliphatic rings. The molecule has 7 heteroatoms. The first-order valence-electron chi connectivity index (χ1n) is 9.42. The van der Waals surface area contributed by atoms with E-state index in [1.165, 1.54) is 11.3 Å². The van der Waals surface area contributed by atoms with Crippen molar-refractivity contribution in [1.82, 2.24) is 29.0 Å². The van der Waals surface area contributed by atoms with E-state index in [-0.39, 0.29) is 0 Å². The van der Waals surface area contributed by atoms with E-state index >= 15 is 0 Å². The number of aromatic nitrogens is 6. The molecule has 0 aromatic carbocycles. The van der Waals surface area contributed by atoms with Gasteiger partial charge in [0.1, 0.15) is 11.4 Å². The van der Waals surface area contributed by atoms with E-state index in [9.17, 15) is 0 Å². The van der Waals surface area contributed by atoms with Crippen molar-refractivity contribution in [3.05, 3.63) is 52.6 Å². The molecule has 0 aliphatic carbocycles. The number of imidazole rings is 1. The average molecular weight is 362 g/mol. The summed E-state index contributed by atoms with van der Waals surface area (Å²) in [5.74, 6) is 1.81. The number of hydrogen-bond acceptors (Lipinski definition) is 5. The molecule has 27 heavy (non-hydrogen) atoms. The van der Waals surface area contributed by atoms with Crippen molar-refractivity contribution in [2.75, 3.05) is 6.61 Å². The third-order valence-electron chi connectivity index (χ3n) is 5.36. The molecule has 0 fully saturated rings. The molecule has 0 unspecified atom stereocenters. The Bertz CT molecular complexity index is 1130. The van der Waals surface area contributed by atoms with Gasteiger partial charge in [0.25, 0.3) is 0 Å². The Kier molecular flexibility index (Phi) is 3.63. The molecule has 1 aliphatic heterocycles. The first kappa shape index (κ1) is 16.2. The van der Waals surface area contributed by atoms with Crippen LogP contribution in [-0.2, 0) is 19.3 Å². The van der Waals surface area contributed by atoms with E-state index in [0.29, 0.717) is 0 Å². The van der Waals surface area contributed by atoms with E-state index in [0.717, 1.165) is 72.2 Å². The fourth-order valence-corrected chi connectivity index (χ4v) is 3.82. The van der Waals surface area contributed by atoms with Gasteiger partial charge in [-0.1, -0.05) is 0 Å². The summed E-state index contributed by atoms with van der Waals surface area (Å²) in [6.07, 6.45) is 7.53. The van der Waals surface area contributed by atoms with E-state index in [1.807, 2.05) is 24.6 Å². The number of fused-ring (bicyclic) bond motifs is 4. The van der Waals surface area contributed by atoms with E-state index in [1.54, 1.807) is 0 Å². The highest BCUT2D eigenvalue weighted by molar-refractivity contribution is 5.58. The molecule has 4 aromatic rings. The van der Waals surface area contributed by atoms with Crippen LogP contribution < -0.4 is 4.74 Å². The number of pyridine rings is 1. The van der Waals surface area contributed by atoms with Gasteiger partial charge in [0.2, 0.25) is 0 Å². The lowest BCUT2D eigenvalue weighted by Crippen LogP contribution is -2.10. The van der Waals surface area contributed by atoms with Crippen molar-refractivity contribution in [2.45, 2.75) is 46.5 Å². The first-order chi connectivity index (χ1) is 13.1. The third-order valence-corrected chi connectivity index (χ3v) is 5.36. The van der Waals surface area contributed by atoms with Crippen LogP contribution >= 0.6 is 0 Å². The molecule has 0 saturated heterocycles. The van der Waals surface area contributed by atoms with Gasteiger partial charge in [-0.05, 0) is 46.1 Å². The predicted molar refractivity (Wildman–Crippen MR) is 101 cm³/mol. The highest BCUT2D eigenvalue weighted by atomic mass is 16.5. The maximum atomic E-state index is 5.78. The fraction of sp³-hybridized carbons (Fsp3) is 0.400. The smallest absolute Gasteiger partial charge is 0.177 e. The molecular formula is C20H22N6O. The van der Waals surface area contributed by atoms with Gasteiger partial charge < -0.3 is 9.14 Å². The summed E-state index contributed by atoms with van der Waals surface area (Å²) >= 11 is 0. The molecule has 0 spiro atoms. The van der Waals surface area contributed by atoms with Crippen LogP contribution in [0.4, 0.5) is 0 Å². The third kappa shape index (κ3) is 2.57. The summed E-state index contributed by atoms with van der Waals surface area (Å²) in [5, 5.41) is 4.65. The van der Waals surface area contributed by atoms with Gasteiger partial charge in [-0.3, -0.25) is 4.98 Å². The van der Waals surface area contributed by atoms with E-state index in [2.05, 4.69) is 38.7 Å². The Balaban J connectivity index is 1.47. The molecule has 0 saturated carbocycles. The van der Waals surface area contributed by atoms with Crippen LogP contribution in [0.25, 0.3) is 11.3 Å². The standard InChI is InChI=1S/C20H22N6O/c1-12-11-21-13(2)19-23-18(24-26(12)19)7-6-16-14(3)25-9-8-17-15(20(25)22-16)5-4-10-27-17/h8-9,11H,4-7,10H2,1-3H3. The maximum absolute atomic E-state index is 5.78. The normalized spacial score (nSPS) is 13.9. The van der Waals surface area contributed by atoms with Crippen molar-refractivity contribution < 1.29 is 4.74 Å². The Morgan fingerprint density at radius 3 is 2.85 bits per heavy atom. The number of rotatable bonds is 3. The Morgan fingerprint density at radius 2 is 2.00 bits per heavy atom. The Hall–Kier alpha value is -2.96. The van der Waals surface area contributed by atoms with Gasteiger partial charge >= 0.3 is 0 Å². The zero-order chi connectivity index (χ0) is 18.5. The van der Waals surface area contributed by atoms with Crippen LogP contribution in [0.1, 0.15) is 40.6 Å². The van der Waals surface area contributed by atoms with Crippen molar-refractivity contribution >= 4 is 11.3 Å². The van der Waals surface area contributed by atoms with Crippen LogP contribution in [0, 0.1) is 20.8 Å². The lowest BCUT2D eigenvalue weighted by atomic mass is 10.1. The molecule has 5 heterocycles. The van der Waals surface area contributed by atoms with Crippen molar-refractivity contribution in [1.29, 1.82) is 0 Å². The molecule has 0 bridgehead atoms. The number of nitrogens with zero attached hydrogens (tertiary/aromatic N) is 6. The minimum absolute atomic E-state index is 0.754. The van der Waals surface area contributed by atoms with Crippen molar-refractivity contribution in [2.24, 2.45) is 0 Å². The summed E-state index contributed by atoms with van der Waals surface area (Å²) in [5.41, 5.74) is 7.25. The van der Waals surface area contributed by atoms with Crippen molar-refractivity contribution in [3.63, 3.8) is 0 Å². The summed E-state index contributed by atoms with van der Waals surface area (Å²) in [6, 6.07) is 2.06. The predicted octanol–water partition coefficient (Wildman–Crippen LogP) is 2.81. The van der Waals surface area contributed by atoms with Crippen LogP contribution in [-0.4, -0.2) is 35.6 Å². The van der Waals surface area contributed by atoms with Gasteiger partial charge in [0.05, 0.1) is 23.7 Å². The Morgan fingerprint density at radius 1 is 1.11 bits per heavy atom. The molecule has 4 aromatic heterocycles. The molecule has 0 atom stereocenters. The summed E-state index contributed by atoms with van der Waals surface area (Å²) < 4.78 is 9.84. The monoisotopic (exact) mass is 362 g/mol. The minimum atomic E-state index is 0.754. The zero-order valence-electron chi connectivity index (χ0n) is 15.9. The van der Waals surface area contributed by atoms with E-state index < -0.39 is 0 Å². The molecule has 7 nitrogen and oxygen atoms in total. The fourth-order valence-electron chi connectivity index (χ4n) is 3.82. The number of ether oxygens (including phenoxy) is 1. The Labute approximate surface area is 157 Å². The summed E-state index contributed by atoms with van der Waals surface area (Å²) in [4.78, 5) is 14.0. The molecule has 0 amide bonds. The van der Waals surface area contributed by atoms with Crippen LogP contribution in [0.2, 0.25) is 0 Å². The molecule has 138 valence electrons. The highest BCUT2D eigenvalue weighted by Crippen LogP contribution is 2.29. The minimum Gasteiger partial charge on any atom is -0.493 e. The molecular weight excluding hydrogens is 340 g/mol. The van der Waals surface area contributed by atoms with Gasteiger partial charge in [-0.2, -0.15) is 5.10 Å². The van der Waals surface area contributed by atoms with Crippen LogP contribution in [0.15, 0.2) is 18.5 Å². The lowest BCUT2D eigenvalue weighted by molar-refractivity contribution is 0.288. The van der Waals surface area contributed by atoms with Gasteiger partial charge in [-0.15, -0.1) is 0 Å². The van der Waals surface area contributed by atoms with Gasteiger partial charge in [-0.25, -0.2) is 14.5 Å². The SMILES string of the molecule is Cc1ncc(C)n2nc(CCc3nc4c5c(ccn4c3C)OCCC5)nc12. The van der Waals surface area contributed by atoms with Crippen LogP contribution in [0.5, 0.6) is 5.75 Å². The number of hydrogen-bond donors (Lipinski definition) is 0. The molecule has 0 N–H and O–H groups in total. The summed E-state index contributed by atoms with van der Waals surface area (Å²) in [7, 11) is 0. The topological polar surface area (TPSA) is 69.6 Å². The van der Waals surface area contributed by atoms with Crippen LogP contribution in [0.3, 0.4) is 0 Å². The molecule has 0 radical (unpaired) electrons. The molecule has 5 rings (SSSR count). The second-order valence-electron chi connectivity index (χ2n) is 7.20. The van der Waals surface area contributed by atoms with Gasteiger partial charge in [0.15, 0.2) is 11.5 Å². The van der Waals surface area contributed by atoms with E-state index in [4.69, 9.17) is 9.72 Å². The first-order valence-corrected chi connectivity index (χ1v) is 9.42. The van der Waals surface area contributed by atoms with Gasteiger partial charge in [0, 0.05) is 30.1 Å². The second-order valence-corrected chi connectivity index (χ2v) is 7.20. The van der Waals surface area contributed by atoms with Crippen molar-refractivity contribution in [3.8, 4) is 5.75 Å². The highest BCUT2D eigenvalue weighted by Gasteiger charge is 2.19. The number of aryl methyl sites for hydroxylation is 6. The summed E-state index contributed by atoms with van der Waals surface area (Å²) in [6.45, 7) is 6.88. The quantitative estimate of drug-likeness (QED) is 0.560. The largest absolute Gasteiger partial charge is 0.493 e. The zero-order valence-corrected chi connectivity index (χ0v) is 15.9.